The first kappa shape index (κ1) is 14.3. The molecule has 1 fully saturated rings. The second-order valence-electron chi connectivity index (χ2n) is 4.67. The zero-order chi connectivity index (χ0) is 13.8. The van der Waals surface area contributed by atoms with Gasteiger partial charge >= 0.3 is 0 Å². The minimum Gasteiger partial charge on any atom is -0.494 e. The summed E-state index contributed by atoms with van der Waals surface area (Å²) in [5, 5.41) is 0. The van der Waals surface area contributed by atoms with Crippen LogP contribution in [-0.2, 0) is 0 Å². The summed E-state index contributed by atoms with van der Waals surface area (Å²) >= 11 is 1.91. The maximum absolute atomic E-state index is 13.6. The van der Waals surface area contributed by atoms with E-state index in [4.69, 9.17) is 4.74 Å². The normalized spacial score (nSPS) is 20.3. The number of ether oxygens (including phenoxy) is 1. The first-order chi connectivity index (χ1) is 9.11. The van der Waals surface area contributed by atoms with Crippen LogP contribution in [0.1, 0.15) is 17.3 Å². The molecular formula is C14H18FNO2S. The van der Waals surface area contributed by atoms with Crippen LogP contribution in [0.5, 0.6) is 5.75 Å². The first-order valence-electron chi connectivity index (χ1n) is 6.30. The maximum Gasteiger partial charge on any atom is 0.176 e. The van der Waals surface area contributed by atoms with Crippen molar-refractivity contribution < 1.29 is 13.9 Å². The maximum atomic E-state index is 13.6. The molecule has 104 valence electrons. The van der Waals surface area contributed by atoms with Crippen LogP contribution in [0, 0.1) is 5.82 Å². The molecule has 2 rings (SSSR count). The summed E-state index contributed by atoms with van der Waals surface area (Å²) in [5.74, 6) is 1.73. The number of benzene rings is 1. The lowest BCUT2D eigenvalue weighted by molar-refractivity contribution is 0.0910. The second-order valence-corrected chi connectivity index (χ2v) is 5.82. The number of ketones is 1. The molecule has 0 aromatic heterocycles. The third-order valence-electron chi connectivity index (χ3n) is 3.33. The summed E-state index contributed by atoms with van der Waals surface area (Å²) < 4.78 is 18.4. The summed E-state index contributed by atoms with van der Waals surface area (Å²) in [6.45, 7) is 3.39. The second kappa shape index (κ2) is 6.39. The Bertz CT molecular complexity index is 467. The summed E-state index contributed by atoms with van der Waals surface area (Å²) in [6.07, 6.45) is 0. The van der Waals surface area contributed by atoms with Gasteiger partial charge in [0.15, 0.2) is 17.3 Å². The van der Waals surface area contributed by atoms with Crippen molar-refractivity contribution in [3.05, 3.63) is 29.6 Å². The van der Waals surface area contributed by atoms with Gasteiger partial charge in [-0.3, -0.25) is 9.69 Å². The van der Waals surface area contributed by atoms with Crippen LogP contribution in [0.15, 0.2) is 18.2 Å². The number of thioether (sulfide) groups is 1. The number of nitrogens with zero attached hydrogens (tertiary/aromatic N) is 1. The highest BCUT2D eigenvalue weighted by molar-refractivity contribution is 7.99. The van der Waals surface area contributed by atoms with Gasteiger partial charge in [-0.2, -0.15) is 11.8 Å². The minimum absolute atomic E-state index is 0.0414. The molecule has 3 nitrogen and oxygen atoms in total. The molecule has 0 radical (unpaired) electrons. The number of carbonyl (C=O) groups excluding carboxylic acids is 1. The molecule has 1 aromatic carbocycles. The van der Waals surface area contributed by atoms with Crippen molar-refractivity contribution in [3.8, 4) is 5.75 Å². The Balaban J connectivity index is 2.05. The Morgan fingerprint density at radius 2 is 2.37 bits per heavy atom. The van der Waals surface area contributed by atoms with E-state index >= 15 is 0 Å². The van der Waals surface area contributed by atoms with Gasteiger partial charge in [-0.15, -0.1) is 0 Å². The molecule has 1 saturated heterocycles. The summed E-state index contributed by atoms with van der Waals surface area (Å²) in [5.41, 5.74) is 0.406. The summed E-state index contributed by atoms with van der Waals surface area (Å²) in [6, 6.07) is 4.77. The van der Waals surface area contributed by atoms with Crippen molar-refractivity contribution in [1.82, 2.24) is 4.90 Å². The standard InChI is InChI=1S/C14H18FNO2S/c1-10-9-19-6-5-16(10)8-13(17)11-3-4-14(18-2)12(15)7-11/h3-4,7,10H,5-6,8-9H2,1-2H3. The molecule has 0 N–H and O–H groups in total. The molecule has 1 heterocycles. The lowest BCUT2D eigenvalue weighted by Gasteiger charge is -2.32. The van der Waals surface area contributed by atoms with E-state index in [1.807, 2.05) is 11.8 Å². The zero-order valence-corrected chi connectivity index (χ0v) is 12.0. The molecular weight excluding hydrogens is 265 g/mol. The zero-order valence-electron chi connectivity index (χ0n) is 11.2. The average Bonchev–Trinajstić information content (AvgIpc) is 2.41. The lowest BCUT2D eigenvalue weighted by atomic mass is 10.1. The van der Waals surface area contributed by atoms with E-state index in [1.165, 1.54) is 19.2 Å². The monoisotopic (exact) mass is 283 g/mol. The van der Waals surface area contributed by atoms with E-state index < -0.39 is 5.82 Å². The SMILES string of the molecule is COc1ccc(C(=O)CN2CCSCC2C)cc1F. The fraction of sp³-hybridized carbons (Fsp3) is 0.500. The van der Waals surface area contributed by atoms with Crippen LogP contribution in [0.2, 0.25) is 0 Å². The smallest absolute Gasteiger partial charge is 0.176 e. The Morgan fingerprint density at radius 3 is 3.00 bits per heavy atom. The molecule has 1 atom stereocenters. The van der Waals surface area contributed by atoms with Gasteiger partial charge in [0.2, 0.25) is 0 Å². The van der Waals surface area contributed by atoms with E-state index in [2.05, 4.69) is 11.8 Å². The minimum atomic E-state index is -0.490. The van der Waals surface area contributed by atoms with E-state index in [0.29, 0.717) is 18.2 Å². The van der Waals surface area contributed by atoms with Crippen LogP contribution in [0.4, 0.5) is 4.39 Å². The number of hydrogen-bond donors (Lipinski definition) is 0. The summed E-state index contributed by atoms with van der Waals surface area (Å²) in [4.78, 5) is 14.3. The number of carbonyl (C=O) groups is 1. The molecule has 1 aromatic rings. The largest absolute Gasteiger partial charge is 0.494 e. The molecule has 0 amide bonds. The Labute approximate surface area is 117 Å². The fourth-order valence-corrected chi connectivity index (χ4v) is 3.19. The van der Waals surface area contributed by atoms with Crippen LogP contribution in [0.25, 0.3) is 0 Å². The highest BCUT2D eigenvalue weighted by atomic mass is 32.2. The third-order valence-corrected chi connectivity index (χ3v) is 4.52. The van der Waals surface area contributed by atoms with Crippen LogP contribution in [0.3, 0.4) is 0 Å². The predicted molar refractivity (Wildman–Crippen MR) is 75.6 cm³/mol. The molecule has 19 heavy (non-hydrogen) atoms. The Hall–Kier alpha value is -1.07. The van der Waals surface area contributed by atoms with Crippen molar-refractivity contribution in [2.45, 2.75) is 13.0 Å². The van der Waals surface area contributed by atoms with Gasteiger partial charge in [-0.1, -0.05) is 0 Å². The van der Waals surface area contributed by atoms with E-state index in [0.717, 1.165) is 18.1 Å². The number of hydrogen-bond acceptors (Lipinski definition) is 4. The van der Waals surface area contributed by atoms with Gasteiger partial charge in [-0.05, 0) is 25.1 Å². The predicted octanol–water partition coefficient (Wildman–Crippen LogP) is 2.45. The summed E-state index contributed by atoms with van der Waals surface area (Å²) in [7, 11) is 1.41. The molecule has 1 aliphatic rings. The van der Waals surface area contributed by atoms with Crippen LogP contribution in [-0.4, -0.2) is 48.4 Å². The molecule has 0 aliphatic carbocycles. The van der Waals surface area contributed by atoms with Crippen LogP contribution < -0.4 is 4.74 Å². The average molecular weight is 283 g/mol. The van der Waals surface area contributed by atoms with Gasteiger partial charge in [0, 0.05) is 29.7 Å². The van der Waals surface area contributed by atoms with Gasteiger partial charge in [0.05, 0.1) is 13.7 Å². The highest BCUT2D eigenvalue weighted by Crippen LogP contribution is 2.20. The first-order valence-corrected chi connectivity index (χ1v) is 7.46. The van der Waals surface area contributed by atoms with Crippen molar-refractivity contribution in [2.75, 3.05) is 31.7 Å². The highest BCUT2D eigenvalue weighted by Gasteiger charge is 2.21. The van der Waals surface area contributed by atoms with E-state index in [-0.39, 0.29) is 11.5 Å². The Morgan fingerprint density at radius 1 is 1.58 bits per heavy atom. The van der Waals surface area contributed by atoms with Gasteiger partial charge in [0.1, 0.15) is 0 Å². The number of halogens is 1. The van der Waals surface area contributed by atoms with Gasteiger partial charge < -0.3 is 4.74 Å². The van der Waals surface area contributed by atoms with Crippen molar-refractivity contribution in [3.63, 3.8) is 0 Å². The molecule has 1 unspecified atom stereocenters. The Kier molecular flexibility index (Phi) is 4.82. The quantitative estimate of drug-likeness (QED) is 0.794. The number of methoxy groups -OCH3 is 1. The molecule has 5 heteroatoms. The van der Waals surface area contributed by atoms with Crippen LogP contribution >= 0.6 is 11.8 Å². The molecule has 0 bridgehead atoms. The van der Waals surface area contributed by atoms with E-state index in [1.54, 1.807) is 6.07 Å². The van der Waals surface area contributed by atoms with Crippen molar-refractivity contribution >= 4 is 17.5 Å². The fourth-order valence-electron chi connectivity index (χ4n) is 2.11. The number of rotatable bonds is 4. The topological polar surface area (TPSA) is 29.5 Å². The van der Waals surface area contributed by atoms with Crippen molar-refractivity contribution in [1.29, 1.82) is 0 Å². The number of Topliss-reactive ketones (excluding diaryl/α,β-unsaturated/α-hetero) is 1. The van der Waals surface area contributed by atoms with Gasteiger partial charge in [-0.25, -0.2) is 4.39 Å². The van der Waals surface area contributed by atoms with E-state index in [9.17, 15) is 9.18 Å². The lowest BCUT2D eigenvalue weighted by Crippen LogP contribution is -2.43. The molecule has 0 spiro atoms. The third kappa shape index (κ3) is 3.48. The van der Waals surface area contributed by atoms with Crippen molar-refractivity contribution in [2.24, 2.45) is 0 Å². The van der Waals surface area contributed by atoms with Gasteiger partial charge in [0.25, 0.3) is 0 Å². The molecule has 0 saturated carbocycles. The molecule has 1 aliphatic heterocycles.